The summed E-state index contributed by atoms with van der Waals surface area (Å²) in [7, 11) is -4.68. The number of nitrogens with one attached hydrogen (secondary N) is 1. The second kappa shape index (κ2) is 6.26. The SMILES string of the molecule is CC1=C[C@H](n2cnc3c(NC4CC4)ncnc32)C[C@@H]1OC[P+]([O-])([O-])[O-]. The fraction of sp³-hybridized carbons (Fsp3) is 0.533. The smallest absolute Gasteiger partial charge is 0.165 e. The summed E-state index contributed by atoms with van der Waals surface area (Å²) in [4.78, 5) is 45.5. The van der Waals surface area contributed by atoms with Crippen molar-refractivity contribution in [2.24, 2.45) is 0 Å². The third kappa shape index (κ3) is 3.65. The molecule has 4 rings (SSSR count). The van der Waals surface area contributed by atoms with Crippen molar-refractivity contribution < 1.29 is 19.4 Å². The van der Waals surface area contributed by atoms with Crippen molar-refractivity contribution in [2.75, 3.05) is 11.7 Å². The maximum atomic E-state index is 10.8. The van der Waals surface area contributed by atoms with Crippen LogP contribution in [0.3, 0.4) is 0 Å². The van der Waals surface area contributed by atoms with E-state index in [1.54, 1.807) is 6.33 Å². The van der Waals surface area contributed by atoms with E-state index < -0.39 is 20.4 Å². The Hall–Kier alpha value is -1.64. The number of imidazole rings is 1. The molecule has 0 spiro atoms. The molecule has 0 bridgehead atoms. The molecule has 9 nitrogen and oxygen atoms in total. The highest BCUT2D eigenvalue weighted by Gasteiger charge is 2.29. The molecule has 2 aromatic heterocycles. The summed E-state index contributed by atoms with van der Waals surface area (Å²) in [6.07, 6.45) is 6.82. The number of hydrogen-bond acceptors (Lipinski definition) is 8. The molecule has 2 aliphatic rings. The average molecular weight is 363 g/mol. The lowest BCUT2D eigenvalue weighted by atomic mass is 10.2. The molecule has 1 saturated carbocycles. The van der Waals surface area contributed by atoms with Crippen molar-refractivity contribution in [1.82, 2.24) is 19.5 Å². The van der Waals surface area contributed by atoms with Gasteiger partial charge in [-0.1, -0.05) is 6.08 Å². The number of fused-ring (bicyclic) bond motifs is 1. The second-order valence-corrected chi connectivity index (χ2v) is 8.05. The first-order chi connectivity index (χ1) is 11.9. The predicted octanol–water partition coefficient (Wildman–Crippen LogP) is -0.522. The minimum absolute atomic E-state index is 0.0589. The van der Waals surface area contributed by atoms with Crippen molar-refractivity contribution in [3.05, 3.63) is 24.3 Å². The van der Waals surface area contributed by atoms with Crippen LogP contribution < -0.4 is 20.0 Å². The van der Waals surface area contributed by atoms with Crippen molar-refractivity contribution in [3.8, 4) is 0 Å². The molecule has 0 saturated heterocycles. The predicted molar refractivity (Wildman–Crippen MR) is 86.0 cm³/mol. The number of allylic oxidation sites excluding steroid dienone is 1. The first-order valence-corrected chi connectivity index (χ1v) is 9.88. The van der Waals surface area contributed by atoms with Crippen LogP contribution in [0, 0.1) is 0 Å². The maximum Gasteiger partial charge on any atom is 0.165 e. The first kappa shape index (κ1) is 16.8. The number of ether oxygens (including phenoxy) is 1. The van der Waals surface area contributed by atoms with E-state index in [1.807, 2.05) is 17.6 Å². The maximum absolute atomic E-state index is 10.8. The molecule has 2 aliphatic carbocycles. The third-order valence-corrected chi connectivity index (χ3v) is 4.95. The zero-order valence-electron chi connectivity index (χ0n) is 13.7. The third-order valence-electron chi connectivity index (χ3n) is 4.49. The number of anilines is 1. The summed E-state index contributed by atoms with van der Waals surface area (Å²) >= 11 is 0. The quantitative estimate of drug-likeness (QED) is 0.535. The van der Waals surface area contributed by atoms with Crippen molar-refractivity contribution >= 4 is 24.9 Å². The molecule has 1 fully saturated rings. The van der Waals surface area contributed by atoms with Crippen LogP contribution in [0.1, 0.15) is 32.2 Å². The minimum atomic E-state index is -4.68. The number of aromatic nitrogens is 4. The lowest BCUT2D eigenvalue weighted by Gasteiger charge is -2.41. The lowest BCUT2D eigenvalue weighted by Crippen LogP contribution is -2.36. The molecule has 1 N–H and O–H groups in total. The summed E-state index contributed by atoms with van der Waals surface area (Å²) < 4.78 is 7.20. The topological polar surface area (TPSA) is 134 Å². The van der Waals surface area contributed by atoms with Crippen molar-refractivity contribution in [3.63, 3.8) is 0 Å². The van der Waals surface area contributed by atoms with Crippen molar-refractivity contribution in [1.29, 1.82) is 0 Å². The van der Waals surface area contributed by atoms with E-state index in [4.69, 9.17) is 4.74 Å². The highest BCUT2D eigenvalue weighted by molar-refractivity contribution is 7.53. The van der Waals surface area contributed by atoms with Gasteiger partial charge in [-0.2, -0.15) is 0 Å². The normalized spacial score (nSPS) is 23.9. The van der Waals surface area contributed by atoms with Crippen LogP contribution in [-0.2, 0) is 4.74 Å². The first-order valence-electron chi connectivity index (χ1n) is 8.16. The van der Waals surface area contributed by atoms with Crippen LogP contribution in [0.25, 0.3) is 11.2 Å². The van der Waals surface area contributed by atoms with Gasteiger partial charge >= 0.3 is 0 Å². The van der Waals surface area contributed by atoms with Crippen LogP contribution in [0.5, 0.6) is 0 Å². The molecule has 25 heavy (non-hydrogen) atoms. The lowest BCUT2D eigenvalue weighted by molar-refractivity contribution is -0.432. The van der Waals surface area contributed by atoms with E-state index >= 15 is 0 Å². The number of hydrogen-bond donors (Lipinski definition) is 1. The summed E-state index contributed by atoms with van der Waals surface area (Å²) in [5.41, 5.74) is 2.32. The van der Waals surface area contributed by atoms with Gasteiger partial charge in [-0.3, -0.25) is 0 Å². The van der Waals surface area contributed by atoms with E-state index in [9.17, 15) is 14.7 Å². The monoisotopic (exact) mass is 363 g/mol. The van der Waals surface area contributed by atoms with E-state index in [0.717, 1.165) is 24.2 Å². The Kier molecular flexibility index (Phi) is 4.21. The minimum Gasteiger partial charge on any atom is -0.686 e. The van der Waals surface area contributed by atoms with Crippen molar-refractivity contribution in [2.45, 2.75) is 44.4 Å². The van der Waals surface area contributed by atoms with Crippen LogP contribution in [0.2, 0.25) is 0 Å². The van der Waals surface area contributed by atoms with Crippen LogP contribution in [0.15, 0.2) is 24.3 Å². The van der Waals surface area contributed by atoms with Gasteiger partial charge in [-0.25, -0.2) is 15.0 Å². The molecule has 134 valence electrons. The van der Waals surface area contributed by atoms with E-state index in [-0.39, 0.29) is 6.04 Å². The summed E-state index contributed by atoms with van der Waals surface area (Å²) in [5, 5.41) is 3.35. The van der Waals surface area contributed by atoms with Gasteiger partial charge in [0.2, 0.25) is 0 Å². The molecule has 0 aromatic carbocycles. The number of nitrogens with zero attached hydrogens (tertiary/aromatic N) is 4. The van der Waals surface area contributed by atoms with Gasteiger partial charge in [0, 0.05) is 12.5 Å². The van der Waals surface area contributed by atoms with Gasteiger partial charge in [0.15, 0.2) is 11.5 Å². The van der Waals surface area contributed by atoms with Gasteiger partial charge in [-0.15, -0.1) is 7.94 Å². The van der Waals surface area contributed by atoms with Gasteiger partial charge in [0.05, 0.1) is 18.5 Å². The van der Waals surface area contributed by atoms with Gasteiger partial charge in [0.25, 0.3) is 0 Å². The molecule has 0 amide bonds. The Bertz CT molecular complexity index is 814. The van der Waals surface area contributed by atoms with Crippen LogP contribution >= 0.6 is 7.94 Å². The Balaban J connectivity index is 1.54. The molecule has 2 heterocycles. The standard InChI is InChI=1S/C15H20N5O4P/c1-9-4-11(5-12(9)24-8-25(21,22)23)20-7-18-13-14(19-10-2-3-10)16-6-17-15(13)20/h4,6-7,10-12H,2-3,5,8H2,1H3,(H,16,17,19)(H2,21,22,23)/p-2/t11-,12-/m0/s1. The molecule has 2 aromatic rings. The fourth-order valence-electron chi connectivity index (χ4n) is 3.08. The highest BCUT2D eigenvalue weighted by Crippen LogP contribution is 2.36. The molecule has 0 aliphatic heterocycles. The molecule has 0 radical (unpaired) electrons. The number of rotatable bonds is 6. The summed E-state index contributed by atoms with van der Waals surface area (Å²) in [6, 6.07) is 0.404. The van der Waals surface area contributed by atoms with Crippen LogP contribution in [-0.4, -0.2) is 38.0 Å². The van der Waals surface area contributed by atoms with Gasteiger partial charge in [0.1, 0.15) is 18.2 Å². The zero-order chi connectivity index (χ0) is 17.6. The largest absolute Gasteiger partial charge is 0.686 e. The summed E-state index contributed by atoms with van der Waals surface area (Å²) in [6.45, 7) is 1.86. The highest BCUT2D eigenvalue weighted by atomic mass is 31.2. The molecule has 0 unspecified atom stereocenters. The van der Waals surface area contributed by atoms with Gasteiger partial charge in [-0.05, 0) is 25.3 Å². The van der Waals surface area contributed by atoms with E-state index in [2.05, 4.69) is 20.3 Å². The Morgan fingerprint density at radius 2 is 2.08 bits per heavy atom. The van der Waals surface area contributed by atoms with Gasteiger partial charge < -0.3 is 29.3 Å². The molecular formula is C15H18N5O4P-2. The Morgan fingerprint density at radius 1 is 1.28 bits per heavy atom. The molecule has 2 atom stereocenters. The van der Waals surface area contributed by atoms with E-state index in [1.165, 1.54) is 6.33 Å². The van der Waals surface area contributed by atoms with Crippen LogP contribution in [0.4, 0.5) is 5.82 Å². The molecular weight excluding hydrogens is 345 g/mol. The Labute approximate surface area is 145 Å². The second-order valence-electron chi connectivity index (χ2n) is 6.57. The fourth-order valence-corrected chi connectivity index (χ4v) is 3.44. The van der Waals surface area contributed by atoms with E-state index in [0.29, 0.717) is 23.6 Å². The Morgan fingerprint density at radius 3 is 2.80 bits per heavy atom. The zero-order valence-corrected chi connectivity index (χ0v) is 14.6. The molecule has 10 heteroatoms. The average Bonchev–Trinajstić information content (AvgIpc) is 3.12. The summed E-state index contributed by atoms with van der Waals surface area (Å²) in [5.74, 6) is 0.733.